The summed E-state index contributed by atoms with van der Waals surface area (Å²) in [5.41, 5.74) is 1.21. The van der Waals surface area contributed by atoms with Gasteiger partial charge in [-0.05, 0) is 26.2 Å². The molecule has 1 aromatic rings. The predicted octanol–water partition coefficient (Wildman–Crippen LogP) is 1.31. The summed E-state index contributed by atoms with van der Waals surface area (Å²) in [6.07, 6.45) is 8.30. The molecule has 1 aromatic heterocycles. The van der Waals surface area contributed by atoms with Crippen molar-refractivity contribution in [1.82, 2.24) is 20.2 Å². The number of hydrogen-bond acceptors (Lipinski definition) is 4. The van der Waals surface area contributed by atoms with Crippen molar-refractivity contribution < 1.29 is 9.59 Å². The van der Waals surface area contributed by atoms with Gasteiger partial charge in [0.1, 0.15) is 6.33 Å². The van der Waals surface area contributed by atoms with Gasteiger partial charge in [0.15, 0.2) is 0 Å². The highest BCUT2D eigenvalue weighted by atomic mass is 16.2. The lowest BCUT2D eigenvalue weighted by molar-refractivity contribution is -0.125. The molecule has 0 bridgehead atoms. The monoisotopic (exact) mass is 302 g/mol. The number of nitrogens with one attached hydrogen (secondary N) is 1. The molecular weight excluding hydrogens is 280 g/mol. The summed E-state index contributed by atoms with van der Waals surface area (Å²) >= 11 is 0. The van der Waals surface area contributed by atoms with Crippen LogP contribution in [0.5, 0.6) is 0 Å². The molecule has 2 amide bonds. The molecule has 6 heteroatoms. The summed E-state index contributed by atoms with van der Waals surface area (Å²) in [5.74, 6) is -0.0630. The van der Waals surface area contributed by atoms with E-state index in [2.05, 4.69) is 15.3 Å². The zero-order valence-electron chi connectivity index (χ0n) is 12.9. The van der Waals surface area contributed by atoms with Crippen LogP contribution in [-0.4, -0.2) is 45.8 Å². The first-order valence-electron chi connectivity index (χ1n) is 8.01. The van der Waals surface area contributed by atoms with Crippen LogP contribution in [0.15, 0.2) is 12.5 Å². The van der Waals surface area contributed by atoms with Crippen LogP contribution in [0, 0.1) is 12.8 Å². The Kier molecular flexibility index (Phi) is 4.36. The lowest BCUT2D eigenvalue weighted by Crippen LogP contribution is -2.39. The fraction of sp³-hybridized carbons (Fsp3) is 0.625. The Morgan fingerprint density at radius 1 is 1.27 bits per heavy atom. The average Bonchev–Trinajstić information content (AvgIpc) is 3.18. The summed E-state index contributed by atoms with van der Waals surface area (Å²) in [5, 5.41) is 3.13. The molecule has 3 rings (SSSR count). The fourth-order valence-electron chi connectivity index (χ4n) is 3.32. The molecule has 2 heterocycles. The molecule has 1 atom stereocenters. The van der Waals surface area contributed by atoms with Gasteiger partial charge < -0.3 is 10.2 Å². The Labute approximate surface area is 130 Å². The summed E-state index contributed by atoms with van der Waals surface area (Å²) in [6.45, 7) is 2.91. The highest BCUT2D eigenvalue weighted by Crippen LogP contribution is 2.22. The van der Waals surface area contributed by atoms with Gasteiger partial charge in [-0.2, -0.15) is 0 Å². The summed E-state index contributed by atoms with van der Waals surface area (Å²) in [7, 11) is 0. The third-order valence-corrected chi connectivity index (χ3v) is 4.69. The number of aryl methyl sites for hydroxylation is 1. The maximum Gasteiger partial charge on any atom is 0.257 e. The zero-order valence-corrected chi connectivity index (χ0v) is 12.9. The van der Waals surface area contributed by atoms with E-state index < -0.39 is 0 Å². The standard InChI is InChI=1S/C16H22N4O2/c1-11-14(8-17-10-18-11)16(22)20-7-6-12(9-20)15(21)19-13-4-2-3-5-13/h8,10,12-13H,2-7,9H2,1H3,(H,19,21)/t12-/m1/s1. The van der Waals surface area contributed by atoms with E-state index in [0.29, 0.717) is 30.4 Å². The molecule has 1 saturated carbocycles. The second-order valence-electron chi connectivity index (χ2n) is 6.25. The van der Waals surface area contributed by atoms with Crippen LogP contribution in [0.4, 0.5) is 0 Å². The highest BCUT2D eigenvalue weighted by molar-refractivity contribution is 5.95. The van der Waals surface area contributed by atoms with E-state index in [1.54, 1.807) is 18.0 Å². The molecule has 6 nitrogen and oxygen atoms in total. The Morgan fingerprint density at radius 3 is 2.77 bits per heavy atom. The quantitative estimate of drug-likeness (QED) is 0.913. The molecule has 1 aliphatic heterocycles. The van der Waals surface area contributed by atoms with Crippen LogP contribution >= 0.6 is 0 Å². The van der Waals surface area contributed by atoms with Crippen molar-refractivity contribution in [2.75, 3.05) is 13.1 Å². The number of hydrogen-bond donors (Lipinski definition) is 1. The second kappa shape index (κ2) is 6.42. The minimum Gasteiger partial charge on any atom is -0.353 e. The van der Waals surface area contributed by atoms with Crippen molar-refractivity contribution >= 4 is 11.8 Å². The number of carbonyl (C=O) groups is 2. The van der Waals surface area contributed by atoms with Crippen LogP contribution in [-0.2, 0) is 4.79 Å². The SMILES string of the molecule is Cc1ncncc1C(=O)N1CC[C@@H](C(=O)NC2CCCC2)C1. The minimum atomic E-state index is -0.0884. The fourth-order valence-corrected chi connectivity index (χ4v) is 3.32. The van der Waals surface area contributed by atoms with Gasteiger partial charge in [-0.3, -0.25) is 9.59 Å². The average molecular weight is 302 g/mol. The van der Waals surface area contributed by atoms with E-state index in [0.717, 1.165) is 19.3 Å². The third kappa shape index (κ3) is 3.10. The van der Waals surface area contributed by atoms with Crippen LogP contribution in [0.25, 0.3) is 0 Å². The first-order chi connectivity index (χ1) is 10.6. The predicted molar refractivity (Wildman–Crippen MR) is 81.2 cm³/mol. The van der Waals surface area contributed by atoms with Gasteiger partial charge in [0.2, 0.25) is 5.91 Å². The summed E-state index contributed by atoms with van der Waals surface area (Å²) in [4.78, 5) is 34.5. The smallest absolute Gasteiger partial charge is 0.257 e. The van der Waals surface area contributed by atoms with Crippen molar-refractivity contribution in [3.63, 3.8) is 0 Å². The van der Waals surface area contributed by atoms with Crippen molar-refractivity contribution in [3.05, 3.63) is 23.8 Å². The molecule has 1 aliphatic carbocycles. The van der Waals surface area contributed by atoms with Gasteiger partial charge in [0.25, 0.3) is 5.91 Å². The highest BCUT2D eigenvalue weighted by Gasteiger charge is 2.33. The van der Waals surface area contributed by atoms with Crippen LogP contribution in [0.1, 0.15) is 48.2 Å². The summed E-state index contributed by atoms with van der Waals surface area (Å²) < 4.78 is 0. The largest absolute Gasteiger partial charge is 0.353 e. The molecule has 0 aromatic carbocycles. The van der Waals surface area contributed by atoms with E-state index in [-0.39, 0.29) is 17.7 Å². The van der Waals surface area contributed by atoms with E-state index >= 15 is 0 Å². The molecule has 1 saturated heterocycles. The van der Waals surface area contributed by atoms with Crippen molar-refractivity contribution in [3.8, 4) is 0 Å². The maximum absolute atomic E-state index is 12.5. The van der Waals surface area contributed by atoms with E-state index in [1.807, 2.05) is 0 Å². The lowest BCUT2D eigenvalue weighted by atomic mass is 10.1. The Bertz CT molecular complexity index is 569. The van der Waals surface area contributed by atoms with E-state index in [9.17, 15) is 9.59 Å². The number of rotatable bonds is 3. The molecule has 1 N–H and O–H groups in total. The topological polar surface area (TPSA) is 75.2 Å². The Hall–Kier alpha value is -1.98. The van der Waals surface area contributed by atoms with Crippen molar-refractivity contribution in [1.29, 1.82) is 0 Å². The molecule has 2 aliphatic rings. The zero-order chi connectivity index (χ0) is 15.5. The summed E-state index contributed by atoms with van der Waals surface area (Å²) in [6, 6.07) is 0.335. The lowest BCUT2D eigenvalue weighted by Gasteiger charge is -2.18. The number of amides is 2. The van der Waals surface area contributed by atoms with Gasteiger partial charge in [-0.1, -0.05) is 12.8 Å². The molecule has 118 valence electrons. The van der Waals surface area contributed by atoms with Gasteiger partial charge in [0, 0.05) is 25.3 Å². The molecule has 2 fully saturated rings. The minimum absolute atomic E-state index is 0.0748. The molecule has 22 heavy (non-hydrogen) atoms. The first kappa shape index (κ1) is 14.9. The number of nitrogens with zero attached hydrogens (tertiary/aromatic N) is 3. The maximum atomic E-state index is 12.5. The Morgan fingerprint density at radius 2 is 2.05 bits per heavy atom. The normalized spacial score (nSPS) is 22.0. The number of likely N-dealkylation sites (tertiary alicyclic amines) is 1. The second-order valence-corrected chi connectivity index (χ2v) is 6.25. The van der Waals surface area contributed by atoms with Crippen molar-refractivity contribution in [2.45, 2.75) is 45.1 Å². The van der Waals surface area contributed by atoms with E-state index in [4.69, 9.17) is 0 Å². The van der Waals surface area contributed by atoms with Gasteiger partial charge >= 0.3 is 0 Å². The Balaban J connectivity index is 1.58. The van der Waals surface area contributed by atoms with Gasteiger partial charge in [0.05, 0.1) is 17.2 Å². The van der Waals surface area contributed by atoms with E-state index in [1.165, 1.54) is 19.2 Å². The number of aromatic nitrogens is 2. The van der Waals surface area contributed by atoms with Gasteiger partial charge in [-0.15, -0.1) is 0 Å². The number of carbonyl (C=O) groups excluding carboxylic acids is 2. The molecule has 0 unspecified atom stereocenters. The molecular formula is C16H22N4O2. The first-order valence-corrected chi connectivity index (χ1v) is 8.01. The van der Waals surface area contributed by atoms with Crippen LogP contribution in [0.3, 0.4) is 0 Å². The van der Waals surface area contributed by atoms with Gasteiger partial charge in [-0.25, -0.2) is 9.97 Å². The van der Waals surface area contributed by atoms with Crippen LogP contribution in [0.2, 0.25) is 0 Å². The van der Waals surface area contributed by atoms with Crippen molar-refractivity contribution in [2.24, 2.45) is 5.92 Å². The molecule has 0 radical (unpaired) electrons. The molecule has 0 spiro atoms. The third-order valence-electron chi connectivity index (χ3n) is 4.69. The van der Waals surface area contributed by atoms with Crippen LogP contribution < -0.4 is 5.32 Å².